The minimum Gasteiger partial charge on any atom is -0.327 e. The van der Waals surface area contributed by atoms with E-state index < -0.39 is 6.04 Å². The predicted octanol–water partition coefficient (Wildman–Crippen LogP) is 4.55. The van der Waals surface area contributed by atoms with Gasteiger partial charge in [-0.15, -0.1) is 0 Å². The Hall–Kier alpha value is -3.47. The van der Waals surface area contributed by atoms with Crippen molar-refractivity contribution in [1.82, 2.24) is 4.90 Å². The summed E-state index contributed by atoms with van der Waals surface area (Å²) < 4.78 is 13.4. The lowest BCUT2D eigenvalue weighted by Crippen LogP contribution is -2.32. The van der Waals surface area contributed by atoms with Crippen LogP contribution in [0, 0.1) is 5.82 Å². The van der Waals surface area contributed by atoms with Crippen molar-refractivity contribution < 1.29 is 14.0 Å². The Balaban J connectivity index is 1.61. The number of halogens is 1. The Bertz CT molecular complexity index is 1000. The smallest absolute Gasteiger partial charge is 0.255 e. The monoisotopic (exact) mass is 374 g/mol. The predicted molar refractivity (Wildman–Crippen MR) is 105 cm³/mol. The second kappa shape index (κ2) is 7.64. The minimum absolute atomic E-state index is 0.0836. The summed E-state index contributed by atoms with van der Waals surface area (Å²) in [6, 6.07) is 22.1. The molecule has 1 aliphatic heterocycles. The molecule has 3 aromatic rings. The highest BCUT2D eigenvalue weighted by atomic mass is 19.1. The van der Waals surface area contributed by atoms with E-state index in [-0.39, 0.29) is 24.1 Å². The van der Waals surface area contributed by atoms with E-state index in [0.717, 1.165) is 11.1 Å². The topological polar surface area (TPSA) is 49.4 Å². The second-order valence-electron chi connectivity index (χ2n) is 6.78. The average Bonchev–Trinajstić information content (AvgIpc) is 3.04. The standard InChI is InChI=1S/C23H19FN2O2/c24-18-12-10-16(11-13-18)21(14-22(27)25-19-7-2-1-3-8-19)26-15-17-6-4-5-9-20(17)23(26)28/h1-13,21H,14-15H2,(H,25,27). The van der Waals surface area contributed by atoms with Crippen LogP contribution in [0.25, 0.3) is 0 Å². The number of nitrogens with one attached hydrogen (secondary N) is 1. The van der Waals surface area contributed by atoms with Gasteiger partial charge >= 0.3 is 0 Å². The van der Waals surface area contributed by atoms with Gasteiger partial charge in [0.05, 0.1) is 12.5 Å². The highest BCUT2D eigenvalue weighted by molar-refractivity contribution is 5.99. The summed E-state index contributed by atoms with van der Waals surface area (Å²) in [5.41, 5.74) is 3.01. The maximum absolute atomic E-state index is 13.4. The molecule has 0 radical (unpaired) electrons. The lowest BCUT2D eigenvalue weighted by atomic mass is 10.0. The number of anilines is 1. The molecule has 3 aromatic carbocycles. The summed E-state index contributed by atoms with van der Waals surface area (Å²) in [4.78, 5) is 27.3. The maximum atomic E-state index is 13.4. The number of carbonyl (C=O) groups excluding carboxylic acids is 2. The van der Waals surface area contributed by atoms with Crippen LogP contribution in [-0.4, -0.2) is 16.7 Å². The Morgan fingerprint density at radius 3 is 2.36 bits per heavy atom. The van der Waals surface area contributed by atoms with Crippen molar-refractivity contribution in [3.63, 3.8) is 0 Å². The van der Waals surface area contributed by atoms with Gasteiger partial charge in [-0.1, -0.05) is 48.5 Å². The molecule has 5 heteroatoms. The Labute approximate surface area is 162 Å². The molecule has 2 amide bonds. The summed E-state index contributed by atoms with van der Waals surface area (Å²) >= 11 is 0. The first-order valence-electron chi connectivity index (χ1n) is 9.11. The van der Waals surface area contributed by atoms with Crippen molar-refractivity contribution in [1.29, 1.82) is 0 Å². The molecule has 0 aromatic heterocycles. The quantitative estimate of drug-likeness (QED) is 0.712. The van der Waals surface area contributed by atoms with E-state index in [0.29, 0.717) is 17.8 Å². The van der Waals surface area contributed by atoms with Crippen molar-refractivity contribution in [3.8, 4) is 0 Å². The first-order chi connectivity index (χ1) is 13.6. The molecule has 140 valence electrons. The molecule has 0 saturated carbocycles. The third-order valence-corrected chi connectivity index (χ3v) is 4.92. The van der Waals surface area contributed by atoms with E-state index in [1.807, 2.05) is 48.5 Å². The number of benzene rings is 3. The van der Waals surface area contributed by atoms with Crippen LogP contribution < -0.4 is 5.32 Å². The van der Waals surface area contributed by atoms with Crippen LogP contribution in [0.1, 0.15) is 33.9 Å². The molecule has 0 bridgehead atoms. The number of amides is 2. The van der Waals surface area contributed by atoms with E-state index in [4.69, 9.17) is 0 Å². The van der Waals surface area contributed by atoms with Gasteiger partial charge in [0, 0.05) is 17.8 Å². The van der Waals surface area contributed by atoms with Gasteiger partial charge in [0.2, 0.25) is 5.91 Å². The molecule has 4 rings (SSSR count). The first kappa shape index (κ1) is 17.9. The fraction of sp³-hybridized carbons (Fsp3) is 0.130. The molecule has 4 nitrogen and oxygen atoms in total. The van der Waals surface area contributed by atoms with Crippen molar-refractivity contribution in [3.05, 3.63) is 101 Å². The van der Waals surface area contributed by atoms with Gasteiger partial charge in [-0.05, 0) is 41.5 Å². The summed E-state index contributed by atoms with van der Waals surface area (Å²) in [5, 5.41) is 2.86. The van der Waals surface area contributed by atoms with E-state index in [2.05, 4.69) is 5.32 Å². The number of hydrogen-bond acceptors (Lipinski definition) is 2. The van der Waals surface area contributed by atoms with Crippen LogP contribution in [0.4, 0.5) is 10.1 Å². The highest BCUT2D eigenvalue weighted by Crippen LogP contribution is 2.33. The fourth-order valence-electron chi connectivity index (χ4n) is 3.53. The zero-order valence-corrected chi connectivity index (χ0v) is 15.1. The van der Waals surface area contributed by atoms with Crippen molar-refractivity contribution in [2.75, 3.05) is 5.32 Å². The number of carbonyl (C=O) groups is 2. The van der Waals surface area contributed by atoms with Crippen molar-refractivity contribution >= 4 is 17.5 Å². The van der Waals surface area contributed by atoms with E-state index >= 15 is 0 Å². The third-order valence-electron chi connectivity index (χ3n) is 4.92. The largest absolute Gasteiger partial charge is 0.327 e. The Morgan fingerprint density at radius 1 is 0.964 bits per heavy atom. The van der Waals surface area contributed by atoms with E-state index in [1.165, 1.54) is 12.1 Å². The number of para-hydroxylation sites is 1. The molecule has 0 fully saturated rings. The zero-order valence-electron chi connectivity index (χ0n) is 15.1. The summed E-state index contributed by atoms with van der Waals surface area (Å²) in [5.74, 6) is -0.672. The summed E-state index contributed by atoms with van der Waals surface area (Å²) in [7, 11) is 0. The molecular weight excluding hydrogens is 355 g/mol. The van der Waals surface area contributed by atoms with Crippen LogP contribution in [0.5, 0.6) is 0 Å². The number of nitrogens with zero attached hydrogens (tertiary/aromatic N) is 1. The van der Waals surface area contributed by atoms with Gasteiger partial charge in [0.1, 0.15) is 5.82 Å². The molecule has 0 aliphatic carbocycles. The number of rotatable bonds is 5. The van der Waals surface area contributed by atoms with Crippen LogP contribution >= 0.6 is 0 Å². The molecule has 1 aliphatic rings. The van der Waals surface area contributed by atoms with Crippen LogP contribution in [0.15, 0.2) is 78.9 Å². The van der Waals surface area contributed by atoms with Crippen LogP contribution in [-0.2, 0) is 11.3 Å². The van der Waals surface area contributed by atoms with Gasteiger partial charge in [-0.2, -0.15) is 0 Å². The van der Waals surface area contributed by atoms with Crippen molar-refractivity contribution in [2.24, 2.45) is 0 Å². The third kappa shape index (κ3) is 3.64. The second-order valence-corrected chi connectivity index (χ2v) is 6.78. The summed E-state index contributed by atoms with van der Waals surface area (Å²) in [6.07, 6.45) is 0.0836. The lowest BCUT2D eigenvalue weighted by molar-refractivity contribution is -0.117. The number of fused-ring (bicyclic) bond motifs is 1. The van der Waals surface area contributed by atoms with Gasteiger partial charge in [0.25, 0.3) is 5.91 Å². The van der Waals surface area contributed by atoms with E-state index in [1.54, 1.807) is 23.1 Å². The molecule has 1 N–H and O–H groups in total. The van der Waals surface area contributed by atoms with Gasteiger partial charge in [-0.25, -0.2) is 4.39 Å². The molecule has 28 heavy (non-hydrogen) atoms. The first-order valence-corrected chi connectivity index (χ1v) is 9.11. The molecule has 0 spiro atoms. The van der Waals surface area contributed by atoms with Gasteiger partial charge in [-0.3, -0.25) is 9.59 Å². The van der Waals surface area contributed by atoms with Crippen LogP contribution in [0.3, 0.4) is 0 Å². The summed E-state index contributed by atoms with van der Waals surface area (Å²) in [6.45, 7) is 0.426. The van der Waals surface area contributed by atoms with E-state index in [9.17, 15) is 14.0 Å². The molecule has 0 saturated heterocycles. The lowest BCUT2D eigenvalue weighted by Gasteiger charge is -2.28. The van der Waals surface area contributed by atoms with Gasteiger partial charge < -0.3 is 10.2 Å². The molecular formula is C23H19FN2O2. The van der Waals surface area contributed by atoms with Crippen LogP contribution in [0.2, 0.25) is 0 Å². The normalized spacial score (nSPS) is 13.9. The molecule has 1 unspecified atom stereocenters. The zero-order chi connectivity index (χ0) is 19.5. The highest BCUT2D eigenvalue weighted by Gasteiger charge is 2.34. The Kier molecular flexibility index (Phi) is 4.89. The Morgan fingerprint density at radius 2 is 1.64 bits per heavy atom. The SMILES string of the molecule is O=C(CC(c1ccc(F)cc1)N1Cc2ccccc2C1=O)Nc1ccccc1. The minimum atomic E-state index is -0.482. The maximum Gasteiger partial charge on any atom is 0.255 e. The molecule has 1 atom stereocenters. The molecule has 1 heterocycles. The fourth-order valence-corrected chi connectivity index (χ4v) is 3.53. The average molecular weight is 374 g/mol. The number of hydrogen-bond donors (Lipinski definition) is 1. The van der Waals surface area contributed by atoms with Crippen molar-refractivity contribution in [2.45, 2.75) is 19.0 Å². The van der Waals surface area contributed by atoms with Gasteiger partial charge in [0.15, 0.2) is 0 Å².